The van der Waals surface area contributed by atoms with Crippen LogP contribution in [0.25, 0.3) is 5.69 Å². The molecule has 0 aliphatic carbocycles. The summed E-state index contributed by atoms with van der Waals surface area (Å²) < 4.78 is 19.2. The van der Waals surface area contributed by atoms with Crippen LogP contribution in [0.4, 0.5) is 4.39 Å². The summed E-state index contributed by atoms with van der Waals surface area (Å²) in [4.78, 5) is 20.9. The van der Waals surface area contributed by atoms with Gasteiger partial charge in [-0.2, -0.15) is 15.0 Å². The first kappa shape index (κ1) is 21.0. The van der Waals surface area contributed by atoms with E-state index in [1.54, 1.807) is 25.4 Å². The second-order valence-corrected chi connectivity index (χ2v) is 8.17. The van der Waals surface area contributed by atoms with Crippen LogP contribution in [-0.2, 0) is 0 Å². The first-order valence-corrected chi connectivity index (χ1v) is 10.5. The number of ether oxygens (including phenoxy) is 1. The van der Waals surface area contributed by atoms with Crippen molar-refractivity contribution >= 4 is 5.91 Å². The smallest absolute Gasteiger partial charge is 0.256 e. The average molecular weight is 423 g/mol. The molecular formula is C23H26FN5O2. The topological polar surface area (TPSA) is 73.1 Å². The molecule has 1 aliphatic heterocycles. The Morgan fingerprint density at radius 2 is 1.97 bits per heavy atom. The molecule has 0 N–H and O–H groups in total. The van der Waals surface area contributed by atoms with Crippen LogP contribution >= 0.6 is 0 Å². The number of aryl methyl sites for hydroxylation is 2. The lowest BCUT2D eigenvalue weighted by Crippen LogP contribution is -2.47. The average Bonchev–Trinajstić information content (AvgIpc) is 3.29. The molecule has 1 aliphatic rings. The normalized spacial score (nSPS) is 18.8. The van der Waals surface area contributed by atoms with Gasteiger partial charge >= 0.3 is 0 Å². The van der Waals surface area contributed by atoms with Gasteiger partial charge in [0, 0.05) is 24.6 Å². The molecule has 2 atom stereocenters. The van der Waals surface area contributed by atoms with E-state index in [0.717, 1.165) is 18.4 Å². The van der Waals surface area contributed by atoms with Gasteiger partial charge in [0.05, 0.1) is 36.4 Å². The van der Waals surface area contributed by atoms with Gasteiger partial charge in [0.1, 0.15) is 5.82 Å². The van der Waals surface area contributed by atoms with E-state index in [4.69, 9.17) is 4.74 Å². The quantitative estimate of drug-likeness (QED) is 0.625. The number of benzene rings is 1. The lowest BCUT2D eigenvalue weighted by atomic mass is 9.93. The highest BCUT2D eigenvalue weighted by atomic mass is 19.1. The van der Waals surface area contributed by atoms with Crippen molar-refractivity contribution in [2.75, 3.05) is 13.2 Å². The van der Waals surface area contributed by atoms with Gasteiger partial charge in [-0.15, -0.1) is 0 Å². The molecule has 3 heterocycles. The monoisotopic (exact) mass is 423 g/mol. The molecule has 0 bridgehead atoms. The van der Waals surface area contributed by atoms with E-state index in [-0.39, 0.29) is 23.7 Å². The van der Waals surface area contributed by atoms with Gasteiger partial charge < -0.3 is 9.64 Å². The molecule has 162 valence electrons. The molecule has 1 aromatic carbocycles. The Balaban J connectivity index is 1.50. The minimum Gasteiger partial charge on any atom is -0.477 e. The van der Waals surface area contributed by atoms with Crippen LogP contribution in [0.5, 0.6) is 5.88 Å². The number of aromatic nitrogens is 4. The summed E-state index contributed by atoms with van der Waals surface area (Å²) >= 11 is 0. The summed E-state index contributed by atoms with van der Waals surface area (Å²) in [6.45, 7) is 6.73. The van der Waals surface area contributed by atoms with Crippen LogP contribution in [0, 0.1) is 25.6 Å². The minimum atomic E-state index is -0.351. The van der Waals surface area contributed by atoms with Crippen LogP contribution in [0.15, 0.2) is 42.9 Å². The molecule has 8 heteroatoms. The van der Waals surface area contributed by atoms with Crippen molar-refractivity contribution < 1.29 is 13.9 Å². The van der Waals surface area contributed by atoms with Gasteiger partial charge in [0.2, 0.25) is 5.88 Å². The third-order valence-corrected chi connectivity index (χ3v) is 5.75. The number of rotatable bonds is 5. The number of hydrogen-bond acceptors (Lipinski definition) is 5. The maximum absolute atomic E-state index is 13.5. The van der Waals surface area contributed by atoms with Gasteiger partial charge in [0.15, 0.2) is 0 Å². The zero-order chi connectivity index (χ0) is 22.0. The Kier molecular flexibility index (Phi) is 5.97. The maximum Gasteiger partial charge on any atom is 0.256 e. The van der Waals surface area contributed by atoms with Crippen LogP contribution < -0.4 is 4.74 Å². The summed E-state index contributed by atoms with van der Waals surface area (Å²) in [5.74, 6) is 0.185. The van der Waals surface area contributed by atoms with E-state index in [9.17, 15) is 9.18 Å². The summed E-state index contributed by atoms with van der Waals surface area (Å²) in [5.41, 5.74) is 2.75. The summed E-state index contributed by atoms with van der Waals surface area (Å²) in [6, 6.07) is 7.43. The predicted molar refractivity (Wildman–Crippen MR) is 114 cm³/mol. The molecule has 2 aromatic heterocycles. The van der Waals surface area contributed by atoms with Crippen LogP contribution in [0.3, 0.4) is 0 Å². The number of carbonyl (C=O) groups is 1. The Morgan fingerprint density at radius 3 is 2.71 bits per heavy atom. The molecule has 31 heavy (non-hydrogen) atoms. The molecule has 7 nitrogen and oxygen atoms in total. The van der Waals surface area contributed by atoms with E-state index < -0.39 is 0 Å². The van der Waals surface area contributed by atoms with Gasteiger partial charge in [-0.25, -0.2) is 9.37 Å². The third kappa shape index (κ3) is 4.57. The van der Waals surface area contributed by atoms with E-state index in [2.05, 4.69) is 22.1 Å². The first-order valence-electron chi connectivity index (χ1n) is 10.5. The third-order valence-electron chi connectivity index (χ3n) is 5.75. The predicted octanol–water partition coefficient (Wildman–Crippen LogP) is 3.74. The zero-order valence-electron chi connectivity index (χ0n) is 18.0. The SMILES string of the molecule is Cc1ccc(-n2nccn2)c(C(=O)N2C[C@H](COc3cc(C)c(F)cn3)CC[C@H]2C)c1. The lowest BCUT2D eigenvalue weighted by molar-refractivity contribution is 0.0502. The van der Waals surface area contributed by atoms with E-state index >= 15 is 0 Å². The largest absolute Gasteiger partial charge is 0.477 e. The molecule has 3 aromatic rings. The number of likely N-dealkylation sites (tertiary alicyclic amines) is 1. The number of halogens is 1. The van der Waals surface area contributed by atoms with Crippen LogP contribution in [0.2, 0.25) is 0 Å². The van der Waals surface area contributed by atoms with Gasteiger partial charge in [0.25, 0.3) is 5.91 Å². The van der Waals surface area contributed by atoms with Crippen molar-refractivity contribution in [3.63, 3.8) is 0 Å². The van der Waals surface area contributed by atoms with Crippen molar-refractivity contribution in [1.29, 1.82) is 0 Å². The van der Waals surface area contributed by atoms with Crippen molar-refractivity contribution in [1.82, 2.24) is 24.9 Å². The second-order valence-electron chi connectivity index (χ2n) is 8.17. The molecule has 4 rings (SSSR count). The molecule has 1 saturated heterocycles. The summed E-state index contributed by atoms with van der Waals surface area (Å²) in [6.07, 6.45) is 6.20. The number of carbonyl (C=O) groups excluding carboxylic acids is 1. The van der Waals surface area contributed by atoms with Crippen LogP contribution in [0.1, 0.15) is 41.3 Å². The number of pyridine rings is 1. The highest BCUT2D eigenvalue weighted by Gasteiger charge is 2.31. The number of hydrogen-bond donors (Lipinski definition) is 0. The molecule has 0 saturated carbocycles. The Morgan fingerprint density at radius 1 is 1.19 bits per heavy atom. The van der Waals surface area contributed by atoms with Crippen LogP contribution in [-0.4, -0.2) is 50.0 Å². The molecule has 1 fully saturated rings. The molecule has 0 unspecified atom stereocenters. The van der Waals surface area contributed by atoms with Gasteiger partial charge in [-0.05, 0) is 51.3 Å². The number of piperidine rings is 1. The number of amides is 1. The Hall–Kier alpha value is -3.29. The second kappa shape index (κ2) is 8.83. The highest BCUT2D eigenvalue weighted by molar-refractivity contribution is 5.98. The Bertz CT molecular complexity index is 1070. The van der Waals surface area contributed by atoms with E-state index in [1.807, 2.05) is 30.0 Å². The Labute approximate surface area is 180 Å². The molecular weight excluding hydrogens is 397 g/mol. The zero-order valence-corrected chi connectivity index (χ0v) is 18.0. The van der Waals surface area contributed by atoms with E-state index in [0.29, 0.717) is 35.8 Å². The maximum atomic E-state index is 13.5. The fourth-order valence-corrected chi connectivity index (χ4v) is 3.89. The summed E-state index contributed by atoms with van der Waals surface area (Å²) in [7, 11) is 0. The van der Waals surface area contributed by atoms with Crippen molar-refractivity contribution in [3.05, 3.63) is 65.4 Å². The fourth-order valence-electron chi connectivity index (χ4n) is 3.89. The van der Waals surface area contributed by atoms with Gasteiger partial charge in [-0.3, -0.25) is 4.79 Å². The summed E-state index contributed by atoms with van der Waals surface area (Å²) in [5, 5.41) is 8.39. The van der Waals surface area contributed by atoms with Crippen molar-refractivity contribution in [3.8, 4) is 11.6 Å². The van der Waals surface area contributed by atoms with Crippen molar-refractivity contribution in [2.24, 2.45) is 5.92 Å². The molecule has 0 spiro atoms. The highest BCUT2D eigenvalue weighted by Crippen LogP contribution is 2.27. The molecule has 1 amide bonds. The lowest BCUT2D eigenvalue weighted by Gasteiger charge is -2.38. The standard InChI is InChI=1S/C23H26FN5O2/c1-15-4-7-21(29-26-8-9-27-29)19(10-15)23(30)28-13-18(6-5-17(28)3)14-31-22-11-16(2)20(24)12-25-22/h4,7-12,17-18H,5-6,13-14H2,1-3H3/t17-,18-/m1/s1. The first-order chi connectivity index (χ1) is 14.9. The van der Waals surface area contributed by atoms with Crippen molar-refractivity contribution in [2.45, 2.75) is 39.7 Å². The van der Waals surface area contributed by atoms with Gasteiger partial charge in [-0.1, -0.05) is 11.6 Å². The van der Waals surface area contributed by atoms with E-state index in [1.165, 1.54) is 11.0 Å². The minimum absolute atomic E-state index is 0.0380. The molecule has 0 radical (unpaired) electrons. The number of nitrogens with zero attached hydrogens (tertiary/aromatic N) is 5. The fraction of sp³-hybridized carbons (Fsp3) is 0.391.